The van der Waals surface area contributed by atoms with Crippen LogP contribution in [0.1, 0.15) is 11.1 Å². The van der Waals surface area contributed by atoms with Crippen molar-refractivity contribution in [2.45, 2.75) is 13.0 Å². The van der Waals surface area contributed by atoms with Crippen LogP contribution < -0.4 is 4.74 Å². The highest BCUT2D eigenvalue weighted by Crippen LogP contribution is 2.31. The van der Waals surface area contributed by atoms with Crippen LogP contribution in [0.25, 0.3) is 0 Å². The average Bonchev–Trinajstić information content (AvgIpc) is 2.58. The Labute approximate surface area is 152 Å². The number of hydrogen-bond acceptors (Lipinski definition) is 6. The number of nitrogens with zero attached hydrogens (tertiary/aromatic N) is 1. The molecule has 2 rings (SSSR count). The lowest BCUT2D eigenvalue weighted by atomic mass is 10.1. The summed E-state index contributed by atoms with van der Waals surface area (Å²) in [7, 11) is 0. The zero-order valence-electron chi connectivity index (χ0n) is 12.8. The molecule has 0 aliphatic carbocycles. The quantitative estimate of drug-likeness (QED) is 0.347. The van der Waals surface area contributed by atoms with Gasteiger partial charge in [0.15, 0.2) is 5.75 Å². The van der Waals surface area contributed by atoms with Gasteiger partial charge in [0.2, 0.25) is 0 Å². The van der Waals surface area contributed by atoms with Gasteiger partial charge in [-0.3, -0.25) is 10.1 Å². The van der Waals surface area contributed by atoms with Crippen LogP contribution in [-0.4, -0.2) is 22.8 Å². The van der Waals surface area contributed by atoms with Crippen molar-refractivity contribution in [2.24, 2.45) is 0 Å². The topological polar surface area (TPSA) is 98.9 Å². The summed E-state index contributed by atoms with van der Waals surface area (Å²) in [6.07, 6.45) is -0.595. The van der Waals surface area contributed by atoms with Gasteiger partial charge in [-0.25, -0.2) is 4.79 Å². The van der Waals surface area contributed by atoms with Gasteiger partial charge >= 0.3 is 6.16 Å². The first-order valence-corrected chi connectivity index (χ1v) is 7.83. The first kappa shape index (κ1) is 19.0. The number of halogens is 2. The number of non-ortho nitro benzene ring substituents is 1. The predicted molar refractivity (Wildman–Crippen MR) is 91.2 cm³/mol. The number of nitro groups is 1. The molecule has 2 aromatic carbocycles. The van der Waals surface area contributed by atoms with Crippen LogP contribution in [-0.2, 0) is 17.8 Å². The molecular formula is C16H13Cl2NO6. The third-order valence-electron chi connectivity index (χ3n) is 3.22. The molecule has 2 aromatic rings. The molecule has 0 amide bonds. The van der Waals surface area contributed by atoms with Crippen molar-refractivity contribution >= 4 is 35.0 Å². The summed E-state index contributed by atoms with van der Waals surface area (Å²) in [5.41, 5.74) is 1.17. The number of hydrogen-bond donors (Lipinski definition) is 1. The number of rotatable bonds is 6. The van der Waals surface area contributed by atoms with Crippen LogP contribution in [0.4, 0.5) is 10.5 Å². The van der Waals surface area contributed by atoms with Gasteiger partial charge in [-0.1, -0.05) is 35.3 Å². The van der Waals surface area contributed by atoms with Gasteiger partial charge in [0.05, 0.1) is 23.2 Å². The maximum Gasteiger partial charge on any atom is 0.513 e. The molecule has 0 spiro atoms. The fourth-order valence-electron chi connectivity index (χ4n) is 1.92. The largest absolute Gasteiger partial charge is 0.513 e. The normalized spacial score (nSPS) is 10.4. The van der Waals surface area contributed by atoms with E-state index in [2.05, 4.69) is 0 Å². The average molecular weight is 386 g/mol. The standard InChI is InChI=1S/C16H13Cl2NO6/c17-13-8-15(14(18)7-11(13)9-20)25-16(21)24-6-5-10-1-3-12(4-2-10)19(22)23/h1-4,7-8,20H,5-6,9H2. The van der Waals surface area contributed by atoms with Gasteiger partial charge in [0.25, 0.3) is 5.69 Å². The van der Waals surface area contributed by atoms with E-state index in [0.29, 0.717) is 12.0 Å². The molecule has 0 radical (unpaired) electrons. The monoisotopic (exact) mass is 385 g/mol. The fourth-order valence-corrected chi connectivity index (χ4v) is 2.36. The van der Waals surface area contributed by atoms with Crippen molar-refractivity contribution in [3.8, 4) is 5.75 Å². The smallest absolute Gasteiger partial charge is 0.434 e. The minimum absolute atomic E-state index is 0.0121. The maximum absolute atomic E-state index is 11.7. The second-order valence-corrected chi connectivity index (χ2v) is 5.72. The third kappa shape index (κ3) is 5.32. The molecule has 0 unspecified atom stereocenters. The molecule has 0 aromatic heterocycles. The summed E-state index contributed by atoms with van der Waals surface area (Å²) >= 11 is 11.8. The first-order chi connectivity index (χ1) is 11.9. The van der Waals surface area contributed by atoms with Crippen LogP contribution in [0, 0.1) is 10.1 Å². The molecule has 0 fully saturated rings. The van der Waals surface area contributed by atoms with E-state index >= 15 is 0 Å². The van der Waals surface area contributed by atoms with Gasteiger partial charge in [-0.15, -0.1) is 0 Å². The van der Waals surface area contributed by atoms with Gasteiger partial charge < -0.3 is 14.6 Å². The molecule has 132 valence electrons. The fraction of sp³-hybridized carbons (Fsp3) is 0.188. The number of aliphatic hydroxyl groups is 1. The van der Waals surface area contributed by atoms with Crippen molar-refractivity contribution in [1.29, 1.82) is 0 Å². The van der Waals surface area contributed by atoms with Crippen molar-refractivity contribution < 1.29 is 24.3 Å². The Morgan fingerprint density at radius 3 is 2.44 bits per heavy atom. The predicted octanol–water partition coefficient (Wildman–Crippen LogP) is 4.15. The highest BCUT2D eigenvalue weighted by Gasteiger charge is 2.13. The Morgan fingerprint density at radius 2 is 1.84 bits per heavy atom. The van der Waals surface area contributed by atoms with Crippen molar-refractivity contribution in [3.05, 3.63) is 67.7 Å². The molecule has 0 atom stereocenters. The van der Waals surface area contributed by atoms with Crippen LogP contribution in [0.15, 0.2) is 36.4 Å². The highest BCUT2D eigenvalue weighted by atomic mass is 35.5. The van der Waals surface area contributed by atoms with E-state index in [1.807, 2.05) is 0 Å². The highest BCUT2D eigenvalue weighted by molar-refractivity contribution is 6.34. The van der Waals surface area contributed by atoms with E-state index in [1.54, 1.807) is 12.1 Å². The summed E-state index contributed by atoms with van der Waals surface area (Å²) in [6.45, 7) is -0.269. The zero-order valence-corrected chi connectivity index (χ0v) is 14.3. The van der Waals surface area contributed by atoms with Gasteiger partial charge in [0, 0.05) is 29.6 Å². The molecule has 0 aliphatic heterocycles. The van der Waals surface area contributed by atoms with Gasteiger partial charge in [-0.05, 0) is 17.2 Å². The Balaban J connectivity index is 1.86. The van der Waals surface area contributed by atoms with E-state index in [0.717, 1.165) is 5.56 Å². The SMILES string of the molecule is O=C(OCCc1ccc([N+](=O)[O-])cc1)Oc1cc(Cl)c(CO)cc1Cl. The maximum atomic E-state index is 11.7. The van der Waals surface area contributed by atoms with Crippen LogP contribution in [0.5, 0.6) is 5.75 Å². The van der Waals surface area contributed by atoms with E-state index in [4.69, 9.17) is 37.8 Å². The van der Waals surface area contributed by atoms with Crippen molar-refractivity contribution in [3.63, 3.8) is 0 Å². The zero-order chi connectivity index (χ0) is 18.4. The molecular weight excluding hydrogens is 373 g/mol. The van der Waals surface area contributed by atoms with E-state index in [1.165, 1.54) is 24.3 Å². The molecule has 0 saturated carbocycles. The number of ether oxygens (including phenoxy) is 2. The number of carbonyl (C=O) groups is 1. The van der Waals surface area contributed by atoms with Crippen LogP contribution in [0.2, 0.25) is 10.0 Å². The van der Waals surface area contributed by atoms with E-state index < -0.39 is 11.1 Å². The summed E-state index contributed by atoms with van der Waals surface area (Å²) in [5.74, 6) is 0.0178. The summed E-state index contributed by atoms with van der Waals surface area (Å²) < 4.78 is 9.90. The molecule has 9 heteroatoms. The lowest BCUT2D eigenvalue weighted by Crippen LogP contribution is -2.13. The Morgan fingerprint density at radius 1 is 1.16 bits per heavy atom. The molecule has 1 N–H and O–H groups in total. The Bertz CT molecular complexity index is 779. The second kappa shape index (κ2) is 8.66. The van der Waals surface area contributed by atoms with Crippen molar-refractivity contribution in [1.82, 2.24) is 0 Å². The summed E-state index contributed by atoms with van der Waals surface area (Å²) in [5, 5.41) is 20.0. The number of aliphatic hydroxyl groups excluding tert-OH is 1. The molecule has 7 nitrogen and oxygen atoms in total. The molecule has 0 aliphatic rings. The third-order valence-corrected chi connectivity index (χ3v) is 3.87. The summed E-state index contributed by atoms with van der Waals surface area (Å²) in [4.78, 5) is 21.8. The number of nitro benzene ring substituents is 1. The van der Waals surface area contributed by atoms with Crippen LogP contribution in [0.3, 0.4) is 0 Å². The lowest BCUT2D eigenvalue weighted by Gasteiger charge is -2.09. The van der Waals surface area contributed by atoms with E-state index in [-0.39, 0.29) is 34.7 Å². The minimum Gasteiger partial charge on any atom is -0.434 e. The number of carbonyl (C=O) groups excluding carboxylic acids is 1. The van der Waals surface area contributed by atoms with Crippen LogP contribution >= 0.6 is 23.2 Å². The lowest BCUT2D eigenvalue weighted by molar-refractivity contribution is -0.384. The summed E-state index contributed by atoms with van der Waals surface area (Å²) in [6, 6.07) is 8.61. The van der Waals surface area contributed by atoms with E-state index in [9.17, 15) is 14.9 Å². The molecule has 0 saturated heterocycles. The van der Waals surface area contributed by atoms with Crippen molar-refractivity contribution in [2.75, 3.05) is 6.61 Å². The Kier molecular flexibility index (Phi) is 6.58. The van der Waals surface area contributed by atoms with Gasteiger partial charge in [0.1, 0.15) is 0 Å². The number of benzene rings is 2. The molecule has 0 bridgehead atoms. The Hall–Kier alpha value is -2.35. The van der Waals surface area contributed by atoms with Gasteiger partial charge in [-0.2, -0.15) is 0 Å². The molecule has 0 heterocycles. The minimum atomic E-state index is -0.961. The second-order valence-electron chi connectivity index (χ2n) is 4.91. The first-order valence-electron chi connectivity index (χ1n) is 7.07. The molecule has 25 heavy (non-hydrogen) atoms.